The van der Waals surface area contributed by atoms with Crippen LogP contribution >= 0.6 is 34.0 Å². The minimum Gasteiger partial charge on any atom is -0.255 e. The van der Waals surface area contributed by atoms with Gasteiger partial charge in [0.2, 0.25) is 0 Å². The SMILES string of the molecule is c1ccc(-c2nc3c(-c4cccs4)sc(-c4cccs4)c3nc2-c2ccccn2)nc1. The molecule has 0 N–H and O–H groups in total. The molecule has 0 atom stereocenters. The lowest BCUT2D eigenvalue weighted by Crippen LogP contribution is -1.97. The van der Waals surface area contributed by atoms with E-state index in [9.17, 15) is 0 Å². The molecule has 0 spiro atoms. The lowest BCUT2D eigenvalue weighted by atomic mass is 10.1. The second kappa shape index (κ2) is 7.77. The Bertz CT molecular complexity index is 1340. The minimum atomic E-state index is 0.750. The van der Waals surface area contributed by atoms with Gasteiger partial charge in [-0.1, -0.05) is 24.3 Å². The van der Waals surface area contributed by atoms with Crippen molar-refractivity contribution in [2.45, 2.75) is 0 Å². The summed E-state index contributed by atoms with van der Waals surface area (Å²) in [5, 5.41) is 4.20. The number of aromatic nitrogens is 4. The molecule has 148 valence electrons. The van der Waals surface area contributed by atoms with Gasteiger partial charge in [-0.15, -0.1) is 34.0 Å². The fourth-order valence-corrected chi connectivity index (χ4v) is 6.35. The molecule has 0 saturated heterocycles. The Balaban J connectivity index is 1.72. The first-order chi connectivity index (χ1) is 15.4. The molecular weight excluding hydrogens is 440 g/mol. The van der Waals surface area contributed by atoms with E-state index in [1.54, 1.807) is 46.4 Å². The Labute approximate surface area is 190 Å². The van der Waals surface area contributed by atoms with Crippen molar-refractivity contribution in [1.29, 1.82) is 0 Å². The average Bonchev–Trinajstić information content (AvgIpc) is 3.60. The Hall–Kier alpha value is -3.26. The van der Waals surface area contributed by atoms with Gasteiger partial charge >= 0.3 is 0 Å². The van der Waals surface area contributed by atoms with Gasteiger partial charge in [-0.3, -0.25) is 9.97 Å². The number of pyridine rings is 2. The maximum Gasteiger partial charge on any atom is 0.117 e. The van der Waals surface area contributed by atoms with Crippen LogP contribution in [0.1, 0.15) is 0 Å². The highest BCUT2D eigenvalue weighted by molar-refractivity contribution is 7.27. The van der Waals surface area contributed by atoms with Crippen LogP contribution in [0.25, 0.3) is 53.3 Å². The van der Waals surface area contributed by atoms with Gasteiger partial charge in [-0.2, -0.15) is 0 Å². The Kier molecular flexibility index (Phi) is 4.64. The van der Waals surface area contributed by atoms with E-state index < -0.39 is 0 Å². The normalized spacial score (nSPS) is 11.2. The van der Waals surface area contributed by atoms with E-state index in [0.29, 0.717) is 0 Å². The summed E-state index contributed by atoms with van der Waals surface area (Å²) in [5.74, 6) is 0. The van der Waals surface area contributed by atoms with Gasteiger partial charge in [0, 0.05) is 22.1 Å². The molecule has 0 radical (unpaired) electrons. The van der Waals surface area contributed by atoms with Crippen LogP contribution in [-0.2, 0) is 0 Å². The standard InChI is InChI=1S/C24H14N4S3/c1-3-11-25-15(7-1)19-20(16-8-2-4-12-26-16)28-22-21(27-19)23(17-9-5-13-29-17)31-24(22)18-10-6-14-30-18/h1-14H. The van der Waals surface area contributed by atoms with Crippen molar-refractivity contribution in [3.8, 4) is 42.3 Å². The van der Waals surface area contributed by atoms with E-state index in [2.05, 4.69) is 45.0 Å². The van der Waals surface area contributed by atoms with Crippen LogP contribution in [0.2, 0.25) is 0 Å². The molecule has 7 heteroatoms. The quantitative estimate of drug-likeness (QED) is 0.281. The molecule has 6 aromatic rings. The molecule has 0 amide bonds. The van der Waals surface area contributed by atoms with E-state index in [4.69, 9.17) is 9.97 Å². The first-order valence-corrected chi connectivity index (χ1v) is 12.2. The molecule has 6 rings (SSSR count). The topological polar surface area (TPSA) is 51.6 Å². The molecule has 0 aliphatic carbocycles. The molecule has 0 aromatic carbocycles. The van der Waals surface area contributed by atoms with Crippen molar-refractivity contribution in [2.75, 3.05) is 0 Å². The van der Waals surface area contributed by atoms with Crippen LogP contribution < -0.4 is 0 Å². The summed E-state index contributed by atoms with van der Waals surface area (Å²) in [6.45, 7) is 0. The molecule has 6 heterocycles. The molecule has 0 aliphatic rings. The zero-order chi connectivity index (χ0) is 20.6. The van der Waals surface area contributed by atoms with Crippen LogP contribution in [-0.4, -0.2) is 19.9 Å². The minimum absolute atomic E-state index is 0.750. The average molecular weight is 455 g/mol. The first-order valence-electron chi connectivity index (χ1n) is 9.63. The summed E-state index contributed by atoms with van der Waals surface area (Å²) in [6, 6.07) is 20.1. The van der Waals surface area contributed by atoms with Crippen LogP contribution in [0, 0.1) is 0 Å². The molecular formula is C24H14N4S3. The first kappa shape index (κ1) is 18.5. The van der Waals surface area contributed by atoms with E-state index in [1.165, 1.54) is 9.75 Å². The van der Waals surface area contributed by atoms with Gasteiger partial charge in [0.1, 0.15) is 22.4 Å². The van der Waals surface area contributed by atoms with Crippen molar-refractivity contribution < 1.29 is 0 Å². The highest BCUT2D eigenvalue weighted by atomic mass is 32.1. The third-order valence-corrected chi connectivity index (χ3v) is 8.10. The second-order valence-corrected chi connectivity index (χ2v) is 9.68. The third kappa shape index (κ3) is 3.27. The van der Waals surface area contributed by atoms with E-state index >= 15 is 0 Å². The number of nitrogens with zero attached hydrogens (tertiary/aromatic N) is 4. The maximum atomic E-state index is 5.16. The predicted molar refractivity (Wildman–Crippen MR) is 131 cm³/mol. The number of rotatable bonds is 4. The highest BCUT2D eigenvalue weighted by Gasteiger charge is 2.23. The number of hydrogen-bond donors (Lipinski definition) is 0. The fourth-order valence-electron chi connectivity index (χ4n) is 3.46. The monoisotopic (exact) mass is 454 g/mol. The van der Waals surface area contributed by atoms with E-state index in [-0.39, 0.29) is 0 Å². The van der Waals surface area contributed by atoms with Crippen LogP contribution in [0.15, 0.2) is 83.8 Å². The fraction of sp³-hybridized carbons (Fsp3) is 0. The number of thiophene rings is 3. The summed E-state index contributed by atoms with van der Waals surface area (Å²) in [6.07, 6.45) is 3.57. The van der Waals surface area contributed by atoms with Gasteiger partial charge in [0.25, 0.3) is 0 Å². The number of hydrogen-bond acceptors (Lipinski definition) is 7. The smallest absolute Gasteiger partial charge is 0.117 e. The Morgan fingerprint density at radius 3 is 1.45 bits per heavy atom. The van der Waals surface area contributed by atoms with Crippen molar-refractivity contribution >= 4 is 45.0 Å². The maximum absolute atomic E-state index is 5.16. The molecule has 0 unspecified atom stereocenters. The lowest BCUT2D eigenvalue weighted by molar-refractivity contribution is 1.21. The molecule has 4 nitrogen and oxygen atoms in total. The molecule has 0 aliphatic heterocycles. The van der Waals surface area contributed by atoms with Gasteiger partial charge in [-0.05, 0) is 47.2 Å². The zero-order valence-electron chi connectivity index (χ0n) is 16.1. The van der Waals surface area contributed by atoms with Crippen molar-refractivity contribution in [3.63, 3.8) is 0 Å². The zero-order valence-corrected chi connectivity index (χ0v) is 18.5. The summed E-state index contributed by atoms with van der Waals surface area (Å²) in [4.78, 5) is 24.2. The van der Waals surface area contributed by atoms with Gasteiger partial charge < -0.3 is 0 Å². The van der Waals surface area contributed by atoms with Gasteiger partial charge in [-0.25, -0.2) is 9.97 Å². The molecule has 6 aromatic heterocycles. The number of fused-ring (bicyclic) bond motifs is 1. The summed E-state index contributed by atoms with van der Waals surface area (Å²) >= 11 is 5.19. The lowest BCUT2D eigenvalue weighted by Gasteiger charge is -2.08. The third-order valence-electron chi connectivity index (χ3n) is 4.84. The molecule has 0 saturated carbocycles. The van der Waals surface area contributed by atoms with E-state index in [0.717, 1.165) is 43.6 Å². The van der Waals surface area contributed by atoms with Crippen molar-refractivity contribution in [1.82, 2.24) is 19.9 Å². The second-order valence-electron chi connectivity index (χ2n) is 6.76. The largest absolute Gasteiger partial charge is 0.255 e. The molecule has 31 heavy (non-hydrogen) atoms. The van der Waals surface area contributed by atoms with Crippen LogP contribution in [0.3, 0.4) is 0 Å². The molecule has 0 bridgehead atoms. The van der Waals surface area contributed by atoms with Crippen LogP contribution in [0.4, 0.5) is 0 Å². The highest BCUT2D eigenvalue weighted by Crippen LogP contribution is 2.46. The van der Waals surface area contributed by atoms with Crippen molar-refractivity contribution in [3.05, 3.63) is 83.8 Å². The summed E-state index contributed by atoms with van der Waals surface area (Å²) < 4.78 is 0. The van der Waals surface area contributed by atoms with Gasteiger partial charge in [0.05, 0.1) is 21.1 Å². The summed E-state index contributed by atoms with van der Waals surface area (Å²) in [5.41, 5.74) is 4.91. The van der Waals surface area contributed by atoms with Crippen molar-refractivity contribution in [2.24, 2.45) is 0 Å². The summed E-state index contributed by atoms with van der Waals surface area (Å²) in [7, 11) is 0. The Morgan fingerprint density at radius 2 is 1.06 bits per heavy atom. The Morgan fingerprint density at radius 1 is 0.548 bits per heavy atom. The predicted octanol–water partition coefficient (Wildman–Crippen LogP) is 7.27. The molecule has 0 fully saturated rings. The van der Waals surface area contributed by atoms with Gasteiger partial charge in [0.15, 0.2) is 0 Å². The van der Waals surface area contributed by atoms with Crippen LogP contribution in [0.5, 0.6) is 0 Å². The van der Waals surface area contributed by atoms with E-state index in [1.807, 2.05) is 36.4 Å².